The molecule has 0 aliphatic carbocycles. The Morgan fingerprint density at radius 1 is 1.25 bits per heavy atom. The maximum absolute atomic E-state index is 2.35. The lowest BCUT2D eigenvalue weighted by molar-refractivity contribution is -0.565. The number of rotatable bonds is 6. The van der Waals surface area contributed by atoms with Crippen molar-refractivity contribution in [1.29, 1.82) is 0 Å². The fourth-order valence-corrected chi connectivity index (χ4v) is 1.17. The van der Waals surface area contributed by atoms with E-state index in [1.165, 1.54) is 19.4 Å². The molecular weight excluding hydrogens is 196 g/mol. The van der Waals surface area contributed by atoms with Crippen LogP contribution in [0.15, 0.2) is 12.2 Å². The van der Waals surface area contributed by atoms with Crippen molar-refractivity contribution < 1.29 is 4.58 Å². The number of likely N-dealkylation sites (N-methyl/N-ethyl adjacent to an activating group) is 1. The van der Waals surface area contributed by atoms with E-state index < -0.39 is 0 Å². The van der Waals surface area contributed by atoms with Gasteiger partial charge in [0.2, 0.25) is 0 Å². The Hall–Kier alpha value is -0.630. The minimum atomic E-state index is 0.207. The third kappa shape index (κ3) is 7.63. The number of hydrogen-bond acceptors (Lipinski definition) is 1. The predicted molar refractivity (Wildman–Crippen MR) is 73.5 cm³/mol. The van der Waals surface area contributed by atoms with Gasteiger partial charge in [-0.2, -0.15) is 0 Å². The molecule has 0 amide bonds. The fourth-order valence-electron chi connectivity index (χ4n) is 1.17. The van der Waals surface area contributed by atoms with Crippen LogP contribution >= 0.6 is 0 Å². The molecule has 0 saturated carbocycles. The molecule has 0 aromatic heterocycles. The first-order valence-corrected chi connectivity index (χ1v) is 6.29. The summed E-state index contributed by atoms with van der Waals surface area (Å²) in [6.45, 7) is 11.1. The van der Waals surface area contributed by atoms with Crippen LogP contribution in [-0.4, -0.2) is 48.4 Å². The van der Waals surface area contributed by atoms with Crippen molar-refractivity contribution in [2.24, 2.45) is 0 Å². The van der Waals surface area contributed by atoms with Crippen molar-refractivity contribution in [2.45, 2.75) is 46.1 Å². The van der Waals surface area contributed by atoms with Gasteiger partial charge in [-0.1, -0.05) is 19.4 Å². The van der Waals surface area contributed by atoms with E-state index in [9.17, 15) is 0 Å². The molecule has 16 heavy (non-hydrogen) atoms. The van der Waals surface area contributed by atoms with E-state index in [-0.39, 0.29) is 5.54 Å². The number of nitrogens with zero attached hydrogens (tertiary/aromatic N) is 2. The molecule has 0 unspecified atom stereocenters. The van der Waals surface area contributed by atoms with Gasteiger partial charge in [0.05, 0.1) is 0 Å². The van der Waals surface area contributed by atoms with E-state index in [4.69, 9.17) is 0 Å². The van der Waals surface area contributed by atoms with Crippen LogP contribution < -0.4 is 0 Å². The highest BCUT2D eigenvalue weighted by Crippen LogP contribution is 2.03. The van der Waals surface area contributed by atoms with Gasteiger partial charge in [0.25, 0.3) is 0 Å². The van der Waals surface area contributed by atoms with Crippen LogP contribution in [0.25, 0.3) is 0 Å². The molecular formula is C14H29N2+. The van der Waals surface area contributed by atoms with E-state index in [2.05, 4.69) is 69.6 Å². The van der Waals surface area contributed by atoms with Crippen molar-refractivity contribution >= 4 is 6.21 Å². The minimum absolute atomic E-state index is 0.207. The van der Waals surface area contributed by atoms with Crippen molar-refractivity contribution in [2.75, 3.05) is 27.2 Å². The van der Waals surface area contributed by atoms with Crippen LogP contribution in [0.1, 0.15) is 40.5 Å². The van der Waals surface area contributed by atoms with Crippen LogP contribution in [0.3, 0.4) is 0 Å². The molecule has 0 bridgehead atoms. The zero-order valence-electron chi connectivity index (χ0n) is 12.0. The highest BCUT2D eigenvalue weighted by atomic mass is 15.1. The summed E-state index contributed by atoms with van der Waals surface area (Å²) < 4.78 is 2.23. The van der Waals surface area contributed by atoms with E-state index >= 15 is 0 Å². The second-order valence-corrected chi connectivity index (χ2v) is 5.47. The Bertz CT molecular complexity index is 234. The molecule has 94 valence electrons. The highest BCUT2D eigenvalue weighted by Gasteiger charge is 2.17. The van der Waals surface area contributed by atoms with Gasteiger partial charge in [-0.15, -0.1) is 0 Å². The monoisotopic (exact) mass is 225 g/mol. The smallest absolute Gasteiger partial charge is 0.163 e. The van der Waals surface area contributed by atoms with Crippen molar-refractivity contribution in [3.05, 3.63) is 12.2 Å². The number of hydrogen-bond donors (Lipinski definition) is 0. The number of allylic oxidation sites excluding steroid dienone is 1. The van der Waals surface area contributed by atoms with E-state index in [1.807, 2.05) is 0 Å². The van der Waals surface area contributed by atoms with Crippen molar-refractivity contribution in [3.8, 4) is 0 Å². The van der Waals surface area contributed by atoms with Gasteiger partial charge in [-0.25, -0.2) is 4.58 Å². The molecule has 2 nitrogen and oxygen atoms in total. The summed E-state index contributed by atoms with van der Waals surface area (Å²) in [4.78, 5) is 2.35. The molecule has 0 spiro atoms. The Morgan fingerprint density at radius 3 is 2.38 bits per heavy atom. The first-order valence-electron chi connectivity index (χ1n) is 6.29. The standard InChI is InChI=1S/C14H29N2/c1-7-8-11-15(5)12-9-10-13-16(6)14(2,3)4/h9-10,13H,7-8,11-12H2,1-6H3/q+1/b10-9?,16-13-. The van der Waals surface area contributed by atoms with Crippen LogP contribution in [-0.2, 0) is 0 Å². The first-order chi connectivity index (χ1) is 7.38. The molecule has 0 heterocycles. The van der Waals surface area contributed by atoms with E-state index in [1.54, 1.807) is 0 Å². The lowest BCUT2D eigenvalue weighted by atomic mass is 10.1. The average molecular weight is 225 g/mol. The van der Waals surface area contributed by atoms with Crippen LogP contribution in [0.5, 0.6) is 0 Å². The fraction of sp³-hybridized carbons (Fsp3) is 0.786. The third-order valence-electron chi connectivity index (χ3n) is 2.81. The van der Waals surface area contributed by atoms with Gasteiger partial charge < -0.3 is 4.90 Å². The second-order valence-electron chi connectivity index (χ2n) is 5.47. The molecule has 0 N–H and O–H groups in total. The maximum Gasteiger partial charge on any atom is 0.163 e. The second kappa shape index (κ2) is 7.61. The maximum atomic E-state index is 2.35. The Labute approximate surface area is 102 Å². The zero-order chi connectivity index (χ0) is 12.6. The van der Waals surface area contributed by atoms with Gasteiger partial charge in [0.15, 0.2) is 11.8 Å². The molecule has 0 aromatic carbocycles. The van der Waals surface area contributed by atoms with Gasteiger partial charge in [-0.05, 0) is 46.9 Å². The van der Waals surface area contributed by atoms with Crippen LogP contribution in [0.4, 0.5) is 0 Å². The van der Waals surface area contributed by atoms with E-state index in [0.717, 1.165) is 6.54 Å². The quantitative estimate of drug-likeness (QED) is 0.498. The predicted octanol–water partition coefficient (Wildman–Crippen LogP) is 2.79. The summed E-state index contributed by atoms with van der Waals surface area (Å²) in [5.41, 5.74) is 0.207. The minimum Gasteiger partial charge on any atom is -0.303 e. The summed E-state index contributed by atoms with van der Waals surface area (Å²) in [6, 6.07) is 0. The molecule has 0 aromatic rings. The molecule has 0 rings (SSSR count). The van der Waals surface area contributed by atoms with Crippen LogP contribution in [0.2, 0.25) is 0 Å². The molecule has 0 fully saturated rings. The summed E-state index contributed by atoms with van der Waals surface area (Å²) in [7, 11) is 4.29. The van der Waals surface area contributed by atoms with Gasteiger partial charge in [0, 0.05) is 6.54 Å². The van der Waals surface area contributed by atoms with Gasteiger partial charge in [-0.3, -0.25) is 0 Å². The average Bonchev–Trinajstić information content (AvgIpc) is 2.19. The Morgan fingerprint density at radius 2 is 1.88 bits per heavy atom. The lowest BCUT2D eigenvalue weighted by Crippen LogP contribution is -2.30. The summed E-state index contributed by atoms with van der Waals surface area (Å²) >= 11 is 0. The normalized spacial score (nSPS) is 14.1. The van der Waals surface area contributed by atoms with Gasteiger partial charge in [0.1, 0.15) is 7.05 Å². The number of unbranched alkanes of at least 4 members (excludes halogenated alkanes) is 1. The third-order valence-corrected chi connectivity index (χ3v) is 2.81. The molecule has 0 aliphatic rings. The summed E-state index contributed by atoms with van der Waals surface area (Å²) in [6.07, 6.45) is 9.07. The molecule has 0 atom stereocenters. The summed E-state index contributed by atoms with van der Waals surface area (Å²) in [5, 5.41) is 0. The van der Waals surface area contributed by atoms with Crippen LogP contribution in [0, 0.1) is 0 Å². The lowest BCUT2D eigenvalue weighted by Gasteiger charge is -2.13. The van der Waals surface area contributed by atoms with E-state index in [0.29, 0.717) is 0 Å². The zero-order valence-corrected chi connectivity index (χ0v) is 12.0. The van der Waals surface area contributed by atoms with Gasteiger partial charge >= 0.3 is 0 Å². The largest absolute Gasteiger partial charge is 0.303 e. The van der Waals surface area contributed by atoms with Crippen molar-refractivity contribution in [1.82, 2.24) is 4.90 Å². The topological polar surface area (TPSA) is 6.25 Å². The van der Waals surface area contributed by atoms with Crippen molar-refractivity contribution in [3.63, 3.8) is 0 Å². The molecule has 2 heteroatoms. The molecule has 0 saturated heterocycles. The molecule has 0 radical (unpaired) electrons. The Kier molecular flexibility index (Phi) is 7.31. The SMILES string of the molecule is CCCCN(C)CC=C/C=[N+](/C)C(C)(C)C. The Balaban J connectivity index is 3.93. The first kappa shape index (κ1) is 15.4. The highest BCUT2D eigenvalue weighted by molar-refractivity contribution is 5.66. The summed E-state index contributed by atoms with van der Waals surface area (Å²) in [5.74, 6) is 0. The molecule has 0 aliphatic heterocycles.